The van der Waals surface area contributed by atoms with Gasteiger partial charge in [-0.15, -0.1) is 0 Å². The largest absolute Gasteiger partial charge is 0.310 e. The minimum absolute atomic E-state index is 0.242. The van der Waals surface area contributed by atoms with E-state index < -0.39 is 0 Å². The summed E-state index contributed by atoms with van der Waals surface area (Å²) in [5, 5.41) is 7.34. The maximum Gasteiger partial charge on any atom is 0.123 e. The zero-order valence-corrected chi connectivity index (χ0v) is 27.3. The van der Waals surface area contributed by atoms with E-state index in [4.69, 9.17) is 0 Å². The molecule has 9 aromatic rings. The Morgan fingerprint density at radius 2 is 0.820 bits per heavy atom. The van der Waals surface area contributed by atoms with Gasteiger partial charge < -0.3 is 4.90 Å². The summed E-state index contributed by atoms with van der Waals surface area (Å²) in [6.07, 6.45) is 0. The van der Waals surface area contributed by atoms with Crippen molar-refractivity contribution in [3.05, 3.63) is 200 Å². The Hall–Kier alpha value is -6.51. The van der Waals surface area contributed by atoms with Crippen molar-refractivity contribution in [3.63, 3.8) is 0 Å². The van der Waals surface area contributed by atoms with Crippen LogP contribution in [0.1, 0.15) is 0 Å². The van der Waals surface area contributed by atoms with Crippen molar-refractivity contribution in [1.82, 2.24) is 0 Å². The standard InChI is InChI=1S/C48H32FN/c49-39-24-19-36(20-25-39)46-30-29-42(32-47(46)34-9-2-1-3-10-34)50(41-28-23-38-18-17-35-12-5-7-15-45(35)48(38)31-41)40-26-21-37(22-27-40)44-16-8-13-33-11-4-6-14-43(33)44/h1-32H. The number of hydrogen-bond acceptors (Lipinski definition) is 1. The summed E-state index contributed by atoms with van der Waals surface area (Å²) in [5.74, 6) is -0.242. The first-order valence-corrected chi connectivity index (χ1v) is 16.9. The average molecular weight is 642 g/mol. The van der Waals surface area contributed by atoms with Gasteiger partial charge in [0.15, 0.2) is 0 Å². The molecule has 0 radical (unpaired) electrons. The molecule has 50 heavy (non-hydrogen) atoms. The van der Waals surface area contributed by atoms with Gasteiger partial charge >= 0.3 is 0 Å². The number of benzene rings is 9. The highest BCUT2D eigenvalue weighted by Gasteiger charge is 2.18. The van der Waals surface area contributed by atoms with Crippen LogP contribution < -0.4 is 4.90 Å². The maximum atomic E-state index is 14.0. The van der Waals surface area contributed by atoms with Gasteiger partial charge in [-0.2, -0.15) is 0 Å². The summed E-state index contributed by atoms with van der Waals surface area (Å²) in [7, 11) is 0. The van der Waals surface area contributed by atoms with Crippen LogP contribution in [0.4, 0.5) is 21.5 Å². The van der Waals surface area contributed by atoms with Gasteiger partial charge in [-0.05, 0) is 114 Å². The van der Waals surface area contributed by atoms with Gasteiger partial charge in [0.25, 0.3) is 0 Å². The van der Waals surface area contributed by atoms with Gasteiger partial charge in [-0.1, -0.05) is 146 Å². The Morgan fingerprint density at radius 1 is 0.300 bits per heavy atom. The number of anilines is 3. The predicted octanol–water partition coefficient (Wildman–Crippen LogP) is 13.8. The summed E-state index contributed by atoms with van der Waals surface area (Å²) in [6, 6.07) is 67.5. The van der Waals surface area contributed by atoms with Crippen molar-refractivity contribution in [2.75, 3.05) is 4.90 Å². The molecule has 9 aromatic carbocycles. The number of fused-ring (bicyclic) bond motifs is 4. The Balaban J connectivity index is 1.24. The second-order valence-electron chi connectivity index (χ2n) is 12.7. The first-order chi connectivity index (χ1) is 24.7. The lowest BCUT2D eigenvalue weighted by atomic mass is 9.93. The fourth-order valence-electron chi connectivity index (χ4n) is 7.25. The molecule has 0 bridgehead atoms. The van der Waals surface area contributed by atoms with Gasteiger partial charge in [0.1, 0.15) is 5.82 Å². The summed E-state index contributed by atoms with van der Waals surface area (Å²) < 4.78 is 14.0. The molecule has 0 saturated heterocycles. The number of rotatable bonds is 6. The zero-order valence-electron chi connectivity index (χ0n) is 27.3. The molecule has 0 atom stereocenters. The Kier molecular flexibility index (Phi) is 7.40. The predicted molar refractivity (Wildman–Crippen MR) is 210 cm³/mol. The lowest BCUT2D eigenvalue weighted by Crippen LogP contribution is -2.10. The van der Waals surface area contributed by atoms with E-state index >= 15 is 0 Å². The Morgan fingerprint density at radius 3 is 1.60 bits per heavy atom. The second kappa shape index (κ2) is 12.5. The van der Waals surface area contributed by atoms with Crippen LogP contribution >= 0.6 is 0 Å². The first kappa shape index (κ1) is 29.6. The first-order valence-electron chi connectivity index (χ1n) is 16.9. The van der Waals surface area contributed by atoms with Crippen molar-refractivity contribution in [2.24, 2.45) is 0 Å². The van der Waals surface area contributed by atoms with E-state index in [-0.39, 0.29) is 5.82 Å². The smallest absolute Gasteiger partial charge is 0.123 e. The van der Waals surface area contributed by atoms with Crippen LogP contribution in [0.3, 0.4) is 0 Å². The van der Waals surface area contributed by atoms with Gasteiger partial charge in [-0.25, -0.2) is 4.39 Å². The summed E-state index contributed by atoms with van der Waals surface area (Å²) >= 11 is 0. The quantitative estimate of drug-likeness (QED) is 0.163. The van der Waals surface area contributed by atoms with Crippen molar-refractivity contribution < 1.29 is 4.39 Å². The van der Waals surface area contributed by atoms with E-state index in [9.17, 15) is 4.39 Å². The van der Waals surface area contributed by atoms with E-state index in [1.165, 1.54) is 55.6 Å². The van der Waals surface area contributed by atoms with E-state index in [1.807, 2.05) is 18.2 Å². The lowest BCUT2D eigenvalue weighted by molar-refractivity contribution is 0.628. The Bertz CT molecular complexity index is 2640. The summed E-state index contributed by atoms with van der Waals surface area (Å²) in [6.45, 7) is 0. The number of hydrogen-bond donors (Lipinski definition) is 0. The molecule has 0 unspecified atom stereocenters. The highest BCUT2D eigenvalue weighted by Crippen LogP contribution is 2.42. The third kappa shape index (κ3) is 5.38. The average Bonchev–Trinajstić information content (AvgIpc) is 3.19. The minimum atomic E-state index is -0.242. The van der Waals surface area contributed by atoms with E-state index in [1.54, 1.807) is 0 Å². The molecule has 0 N–H and O–H groups in total. The third-order valence-electron chi connectivity index (χ3n) is 9.72. The molecule has 236 valence electrons. The van der Waals surface area contributed by atoms with Gasteiger partial charge in [0.05, 0.1) is 0 Å². The second-order valence-corrected chi connectivity index (χ2v) is 12.7. The van der Waals surface area contributed by atoms with Crippen LogP contribution in [0, 0.1) is 5.82 Å². The van der Waals surface area contributed by atoms with Gasteiger partial charge in [0.2, 0.25) is 0 Å². The number of halogens is 1. The highest BCUT2D eigenvalue weighted by atomic mass is 19.1. The molecule has 0 aliphatic rings. The molecule has 1 nitrogen and oxygen atoms in total. The van der Waals surface area contributed by atoms with Crippen molar-refractivity contribution in [2.45, 2.75) is 0 Å². The molecule has 0 aromatic heterocycles. The molecule has 0 fully saturated rings. The van der Waals surface area contributed by atoms with Crippen LogP contribution in [0.25, 0.3) is 65.7 Å². The maximum absolute atomic E-state index is 14.0. The van der Waals surface area contributed by atoms with Crippen molar-refractivity contribution >= 4 is 49.4 Å². The molecule has 0 aliphatic carbocycles. The number of nitrogens with zero attached hydrogens (tertiary/aromatic N) is 1. The molecule has 2 heteroatoms. The summed E-state index contributed by atoms with van der Waals surface area (Å²) in [4.78, 5) is 2.34. The van der Waals surface area contributed by atoms with Crippen LogP contribution in [-0.2, 0) is 0 Å². The van der Waals surface area contributed by atoms with Crippen LogP contribution in [0.15, 0.2) is 194 Å². The van der Waals surface area contributed by atoms with Crippen molar-refractivity contribution in [3.8, 4) is 33.4 Å². The zero-order chi connectivity index (χ0) is 33.4. The fourth-order valence-corrected chi connectivity index (χ4v) is 7.25. The monoisotopic (exact) mass is 641 g/mol. The molecule has 0 spiro atoms. The molecular formula is C48H32FN. The minimum Gasteiger partial charge on any atom is -0.310 e. The van der Waals surface area contributed by atoms with Gasteiger partial charge in [0, 0.05) is 17.1 Å². The summed E-state index contributed by atoms with van der Waals surface area (Å²) in [5.41, 5.74) is 9.76. The molecule has 9 rings (SSSR count). The van der Waals surface area contributed by atoms with E-state index in [0.29, 0.717) is 0 Å². The van der Waals surface area contributed by atoms with Crippen LogP contribution in [-0.4, -0.2) is 0 Å². The van der Waals surface area contributed by atoms with Crippen LogP contribution in [0.5, 0.6) is 0 Å². The van der Waals surface area contributed by atoms with E-state index in [2.05, 4.69) is 169 Å². The topological polar surface area (TPSA) is 3.24 Å². The Labute approximate surface area is 291 Å². The van der Waals surface area contributed by atoms with Crippen molar-refractivity contribution in [1.29, 1.82) is 0 Å². The normalized spacial score (nSPS) is 11.3. The highest BCUT2D eigenvalue weighted by molar-refractivity contribution is 6.09. The van der Waals surface area contributed by atoms with E-state index in [0.717, 1.165) is 39.3 Å². The third-order valence-corrected chi connectivity index (χ3v) is 9.72. The van der Waals surface area contributed by atoms with Crippen LogP contribution in [0.2, 0.25) is 0 Å². The molecular weight excluding hydrogens is 610 g/mol. The molecule has 0 amide bonds. The van der Waals surface area contributed by atoms with Gasteiger partial charge in [-0.3, -0.25) is 0 Å². The SMILES string of the molecule is Fc1ccc(-c2ccc(N(c3ccc(-c4cccc5ccccc45)cc3)c3ccc4ccc5ccccc5c4c3)cc2-c2ccccc2)cc1. The lowest BCUT2D eigenvalue weighted by Gasteiger charge is -2.27. The molecule has 0 aliphatic heterocycles. The molecule has 0 saturated carbocycles. The fraction of sp³-hybridized carbons (Fsp3) is 0. The molecule has 0 heterocycles.